The number of anilines is 1. The second-order valence-electron chi connectivity index (χ2n) is 7.69. The van der Waals surface area contributed by atoms with E-state index in [4.69, 9.17) is 9.84 Å². The molecule has 1 aliphatic heterocycles. The van der Waals surface area contributed by atoms with E-state index in [2.05, 4.69) is 5.32 Å². The monoisotopic (exact) mass is 502 g/mol. The van der Waals surface area contributed by atoms with Crippen LogP contribution in [0.4, 0.5) is 14.5 Å². The Balaban J connectivity index is 1.50. The molecule has 0 aromatic heterocycles. The summed E-state index contributed by atoms with van der Waals surface area (Å²) in [6, 6.07) is 12.7. The molecular formula is C24H20F2N2O6S. The van der Waals surface area contributed by atoms with Crippen molar-refractivity contribution < 1.29 is 36.6 Å². The third kappa shape index (κ3) is 5.09. The molecule has 0 saturated heterocycles. The summed E-state index contributed by atoms with van der Waals surface area (Å²) >= 11 is 0. The van der Waals surface area contributed by atoms with E-state index in [1.807, 2.05) is 0 Å². The molecule has 0 atom stereocenters. The maximum absolute atomic E-state index is 13.8. The quantitative estimate of drug-likeness (QED) is 0.513. The molecule has 0 bridgehead atoms. The molecule has 11 heteroatoms. The highest BCUT2D eigenvalue weighted by atomic mass is 32.2. The number of hydrogen-bond acceptors (Lipinski definition) is 5. The lowest BCUT2D eigenvalue weighted by atomic mass is 10.1. The van der Waals surface area contributed by atoms with Crippen LogP contribution in [0.5, 0.6) is 5.75 Å². The molecule has 1 aliphatic rings. The highest BCUT2D eigenvalue weighted by Gasteiger charge is 2.31. The van der Waals surface area contributed by atoms with E-state index in [9.17, 15) is 26.8 Å². The van der Waals surface area contributed by atoms with Gasteiger partial charge in [-0.2, -0.15) is 0 Å². The number of carbonyl (C=O) groups is 2. The summed E-state index contributed by atoms with van der Waals surface area (Å²) in [5.41, 5.74) is 0.381. The molecular weight excluding hydrogens is 482 g/mol. The minimum atomic E-state index is -4.10. The van der Waals surface area contributed by atoms with Gasteiger partial charge in [-0.3, -0.25) is 9.10 Å². The molecule has 35 heavy (non-hydrogen) atoms. The van der Waals surface area contributed by atoms with Gasteiger partial charge < -0.3 is 15.2 Å². The van der Waals surface area contributed by atoms with Gasteiger partial charge in [0, 0.05) is 12.1 Å². The fourth-order valence-electron chi connectivity index (χ4n) is 3.65. The lowest BCUT2D eigenvalue weighted by Gasteiger charge is -2.30. The minimum absolute atomic E-state index is 0.0190. The number of benzene rings is 3. The first kappa shape index (κ1) is 24.1. The van der Waals surface area contributed by atoms with Gasteiger partial charge >= 0.3 is 5.97 Å². The molecule has 3 aromatic rings. The number of halogens is 2. The van der Waals surface area contributed by atoms with Gasteiger partial charge in [0.1, 0.15) is 24.0 Å². The van der Waals surface area contributed by atoms with Crippen LogP contribution in [-0.4, -0.2) is 45.1 Å². The van der Waals surface area contributed by atoms with Gasteiger partial charge in [-0.1, -0.05) is 12.1 Å². The Morgan fingerprint density at radius 3 is 2.57 bits per heavy atom. The molecule has 1 amide bonds. The van der Waals surface area contributed by atoms with Gasteiger partial charge in [-0.15, -0.1) is 0 Å². The molecule has 2 N–H and O–H groups in total. The average Bonchev–Trinajstić information content (AvgIpc) is 2.83. The summed E-state index contributed by atoms with van der Waals surface area (Å²) in [5.74, 6) is -3.15. The van der Waals surface area contributed by atoms with Crippen LogP contribution in [0.25, 0.3) is 0 Å². The molecule has 1 heterocycles. The number of fused-ring (bicyclic) bond motifs is 1. The van der Waals surface area contributed by atoms with Crippen LogP contribution in [0.1, 0.15) is 26.3 Å². The van der Waals surface area contributed by atoms with Crippen molar-refractivity contribution in [2.24, 2.45) is 0 Å². The van der Waals surface area contributed by atoms with Crippen LogP contribution >= 0.6 is 0 Å². The first-order chi connectivity index (χ1) is 16.7. The number of ether oxygens (including phenoxy) is 1. The number of hydrogen-bond donors (Lipinski definition) is 2. The van der Waals surface area contributed by atoms with Gasteiger partial charge in [0.25, 0.3) is 15.9 Å². The summed E-state index contributed by atoms with van der Waals surface area (Å²) in [5, 5.41) is 11.6. The zero-order valence-electron chi connectivity index (χ0n) is 18.2. The maximum atomic E-state index is 13.8. The maximum Gasteiger partial charge on any atom is 0.338 e. The SMILES string of the molecule is O=C(NCCc1ccc(C(=O)O)c(F)c1)c1ccc2c(c1)N(S(=O)(=O)c1cccc(F)c1)CCO2. The van der Waals surface area contributed by atoms with E-state index in [1.165, 1.54) is 36.4 Å². The van der Waals surface area contributed by atoms with E-state index >= 15 is 0 Å². The van der Waals surface area contributed by atoms with Crippen LogP contribution < -0.4 is 14.4 Å². The second-order valence-corrected chi connectivity index (χ2v) is 9.55. The van der Waals surface area contributed by atoms with Crippen molar-refractivity contribution in [2.75, 3.05) is 24.0 Å². The van der Waals surface area contributed by atoms with Crippen molar-refractivity contribution in [3.05, 3.63) is 89.0 Å². The van der Waals surface area contributed by atoms with Gasteiger partial charge in [-0.05, 0) is 60.5 Å². The number of carboxylic acid groups (broad SMARTS) is 1. The van der Waals surface area contributed by atoms with Crippen LogP contribution in [0.2, 0.25) is 0 Å². The molecule has 3 aromatic carbocycles. The third-order valence-electron chi connectivity index (χ3n) is 5.39. The Morgan fingerprint density at radius 1 is 1.06 bits per heavy atom. The number of rotatable bonds is 7. The van der Waals surface area contributed by atoms with Crippen molar-refractivity contribution in [3.63, 3.8) is 0 Å². The van der Waals surface area contributed by atoms with Crippen LogP contribution in [0.15, 0.2) is 65.6 Å². The second kappa shape index (κ2) is 9.71. The molecule has 0 fully saturated rings. The fourth-order valence-corrected chi connectivity index (χ4v) is 5.13. The molecule has 0 spiro atoms. The normalized spacial score (nSPS) is 13.0. The zero-order valence-corrected chi connectivity index (χ0v) is 19.0. The minimum Gasteiger partial charge on any atom is -0.489 e. The highest BCUT2D eigenvalue weighted by Crippen LogP contribution is 2.36. The topological polar surface area (TPSA) is 113 Å². The van der Waals surface area contributed by atoms with Crippen molar-refractivity contribution in [2.45, 2.75) is 11.3 Å². The number of carbonyl (C=O) groups excluding carboxylic acids is 1. The number of nitrogens with one attached hydrogen (secondary N) is 1. The van der Waals surface area contributed by atoms with Gasteiger partial charge in [-0.25, -0.2) is 22.0 Å². The Labute approximate surface area is 199 Å². The zero-order chi connectivity index (χ0) is 25.2. The Hall–Kier alpha value is -3.99. The Kier molecular flexibility index (Phi) is 6.70. The van der Waals surface area contributed by atoms with E-state index in [-0.39, 0.29) is 48.0 Å². The molecule has 0 saturated carbocycles. The number of aromatic carboxylic acids is 1. The predicted octanol–water partition coefficient (Wildman–Crippen LogP) is 3.22. The number of amides is 1. The first-order valence-corrected chi connectivity index (χ1v) is 12.0. The van der Waals surface area contributed by atoms with Gasteiger partial charge in [0.2, 0.25) is 0 Å². The average molecular weight is 502 g/mol. The molecule has 8 nitrogen and oxygen atoms in total. The standard InChI is InChI=1S/C24H20F2N2O6S/c25-17-2-1-3-18(14-17)35(32,33)28-10-11-34-22-7-5-16(13-21(22)28)23(29)27-9-8-15-4-6-19(24(30)31)20(26)12-15/h1-7,12-14H,8-11H2,(H,27,29)(H,30,31). The summed E-state index contributed by atoms with van der Waals surface area (Å²) < 4.78 is 60.4. The Morgan fingerprint density at radius 2 is 1.86 bits per heavy atom. The highest BCUT2D eigenvalue weighted by molar-refractivity contribution is 7.92. The third-order valence-corrected chi connectivity index (χ3v) is 7.20. The molecule has 182 valence electrons. The smallest absolute Gasteiger partial charge is 0.338 e. The van der Waals surface area contributed by atoms with Gasteiger partial charge in [0.05, 0.1) is 22.7 Å². The van der Waals surface area contributed by atoms with E-state index in [0.29, 0.717) is 5.56 Å². The van der Waals surface area contributed by atoms with E-state index in [0.717, 1.165) is 28.6 Å². The first-order valence-electron chi connectivity index (χ1n) is 10.5. The summed E-state index contributed by atoms with van der Waals surface area (Å²) in [6.07, 6.45) is 0.247. The lowest BCUT2D eigenvalue weighted by molar-refractivity contribution is 0.0691. The molecule has 4 rings (SSSR count). The predicted molar refractivity (Wildman–Crippen MR) is 122 cm³/mol. The fraction of sp³-hybridized carbons (Fsp3) is 0.167. The van der Waals surface area contributed by atoms with Crippen molar-refractivity contribution >= 4 is 27.6 Å². The lowest BCUT2D eigenvalue weighted by Crippen LogP contribution is -2.38. The summed E-state index contributed by atoms with van der Waals surface area (Å²) in [4.78, 5) is 23.4. The van der Waals surface area contributed by atoms with Gasteiger partial charge in [0.15, 0.2) is 0 Å². The molecule has 0 radical (unpaired) electrons. The van der Waals surface area contributed by atoms with Crippen LogP contribution in [0, 0.1) is 11.6 Å². The largest absolute Gasteiger partial charge is 0.489 e. The summed E-state index contributed by atoms with van der Waals surface area (Å²) in [6.45, 7) is 0.197. The Bertz CT molecular complexity index is 1410. The number of carboxylic acids is 1. The van der Waals surface area contributed by atoms with Crippen LogP contribution in [-0.2, 0) is 16.4 Å². The number of sulfonamides is 1. The molecule has 0 aliphatic carbocycles. The molecule has 0 unspecified atom stereocenters. The van der Waals surface area contributed by atoms with Crippen LogP contribution in [0.3, 0.4) is 0 Å². The van der Waals surface area contributed by atoms with E-state index < -0.39 is 39.1 Å². The van der Waals surface area contributed by atoms with Crippen molar-refractivity contribution in [1.29, 1.82) is 0 Å². The van der Waals surface area contributed by atoms with Crippen molar-refractivity contribution in [1.82, 2.24) is 5.32 Å². The van der Waals surface area contributed by atoms with E-state index in [1.54, 1.807) is 0 Å². The van der Waals surface area contributed by atoms with Crippen molar-refractivity contribution in [3.8, 4) is 5.75 Å². The summed E-state index contributed by atoms with van der Waals surface area (Å²) in [7, 11) is -4.10. The number of nitrogens with zero attached hydrogens (tertiary/aromatic N) is 1.